The number of halogens is 2. The first-order valence-electron chi connectivity index (χ1n) is 5.52. The number of rotatable bonds is 6. The molecule has 1 heterocycles. The normalized spacial score (nSPS) is 11.1. The van der Waals surface area contributed by atoms with E-state index in [9.17, 15) is 8.78 Å². The number of aromatic nitrogens is 2. The van der Waals surface area contributed by atoms with Gasteiger partial charge in [-0.05, 0) is 13.3 Å². The molecule has 6 heteroatoms. The molecule has 0 aliphatic rings. The number of ether oxygens (including phenoxy) is 1. The van der Waals surface area contributed by atoms with Crippen LogP contribution in [0.15, 0.2) is 0 Å². The lowest BCUT2D eigenvalue weighted by Gasteiger charge is -2.08. The van der Waals surface area contributed by atoms with Gasteiger partial charge in [-0.25, -0.2) is 18.7 Å². The van der Waals surface area contributed by atoms with E-state index in [-0.39, 0.29) is 6.61 Å². The SMILES string of the molecule is CCc1c(C)nc(CCOCC(F)F)nc1N. The van der Waals surface area contributed by atoms with Crippen LogP contribution in [0.5, 0.6) is 0 Å². The smallest absolute Gasteiger partial charge is 0.261 e. The molecule has 17 heavy (non-hydrogen) atoms. The van der Waals surface area contributed by atoms with E-state index in [2.05, 4.69) is 9.97 Å². The van der Waals surface area contributed by atoms with Gasteiger partial charge in [0.1, 0.15) is 18.2 Å². The summed E-state index contributed by atoms with van der Waals surface area (Å²) in [6, 6.07) is 0. The number of hydrogen-bond donors (Lipinski definition) is 1. The molecule has 1 aromatic rings. The molecule has 0 amide bonds. The van der Waals surface area contributed by atoms with Crippen LogP contribution in [0.1, 0.15) is 24.0 Å². The largest absolute Gasteiger partial charge is 0.383 e. The first-order valence-corrected chi connectivity index (χ1v) is 5.52. The lowest BCUT2D eigenvalue weighted by atomic mass is 10.1. The van der Waals surface area contributed by atoms with Gasteiger partial charge in [-0.15, -0.1) is 0 Å². The summed E-state index contributed by atoms with van der Waals surface area (Å²) in [4.78, 5) is 8.38. The molecule has 0 atom stereocenters. The van der Waals surface area contributed by atoms with Crippen molar-refractivity contribution >= 4 is 5.82 Å². The Balaban J connectivity index is 2.55. The minimum absolute atomic E-state index is 0.175. The lowest BCUT2D eigenvalue weighted by Crippen LogP contribution is -2.11. The average Bonchev–Trinajstić information content (AvgIpc) is 2.24. The molecular weight excluding hydrogens is 228 g/mol. The van der Waals surface area contributed by atoms with Crippen LogP contribution < -0.4 is 5.73 Å². The summed E-state index contributed by atoms with van der Waals surface area (Å²) in [6.45, 7) is 3.46. The Kier molecular flexibility index (Phi) is 5.21. The Bertz CT molecular complexity index is 349. The maximum Gasteiger partial charge on any atom is 0.261 e. The van der Waals surface area contributed by atoms with E-state index >= 15 is 0 Å². The molecule has 0 saturated heterocycles. The third kappa shape index (κ3) is 4.22. The fourth-order valence-corrected chi connectivity index (χ4v) is 1.56. The molecule has 0 saturated carbocycles. The average molecular weight is 245 g/mol. The minimum Gasteiger partial charge on any atom is -0.383 e. The monoisotopic (exact) mass is 245 g/mol. The molecule has 0 aliphatic carbocycles. The zero-order valence-corrected chi connectivity index (χ0v) is 10.0. The fraction of sp³-hybridized carbons (Fsp3) is 0.636. The van der Waals surface area contributed by atoms with Crippen LogP contribution in [0.2, 0.25) is 0 Å². The highest BCUT2D eigenvalue weighted by atomic mass is 19.3. The van der Waals surface area contributed by atoms with Gasteiger partial charge >= 0.3 is 0 Å². The second kappa shape index (κ2) is 6.44. The third-order valence-corrected chi connectivity index (χ3v) is 2.36. The van der Waals surface area contributed by atoms with Crippen molar-refractivity contribution in [1.82, 2.24) is 9.97 Å². The van der Waals surface area contributed by atoms with Crippen LogP contribution in [0.25, 0.3) is 0 Å². The lowest BCUT2D eigenvalue weighted by molar-refractivity contribution is 0.0183. The number of alkyl halides is 2. The van der Waals surface area contributed by atoms with Gasteiger partial charge in [0.25, 0.3) is 6.43 Å². The molecule has 4 nitrogen and oxygen atoms in total. The maximum atomic E-state index is 11.8. The highest BCUT2D eigenvalue weighted by Gasteiger charge is 2.08. The number of hydrogen-bond acceptors (Lipinski definition) is 4. The van der Waals surface area contributed by atoms with Gasteiger partial charge < -0.3 is 10.5 Å². The molecule has 0 radical (unpaired) electrons. The van der Waals surface area contributed by atoms with Gasteiger partial charge in [0.15, 0.2) is 0 Å². The van der Waals surface area contributed by atoms with Gasteiger partial charge in [0.05, 0.1) is 6.61 Å². The summed E-state index contributed by atoms with van der Waals surface area (Å²) in [5.74, 6) is 0.996. The first kappa shape index (κ1) is 13.8. The van der Waals surface area contributed by atoms with Gasteiger partial charge in [-0.2, -0.15) is 0 Å². The van der Waals surface area contributed by atoms with E-state index in [4.69, 9.17) is 10.5 Å². The summed E-state index contributed by atoms with van der Waals surface area (Å²) in [6.07, 6.45) is -1.27. The molecule has 1 rings (SSSR count). The fourth-order valence-electron chi connectivity index (χ4n) is 1.56. The van der Waals surface area contributed by atoms with Crippen LogP contribution in [-0.4, -0.2) is 29.6 Å². The quantitative estimate of drug-likeness (QED) is 0.776. The minimum atomic E-state index is -2.44. The second-order valence-electron chi connectivity index (χ2n) is 3.66. The van der Waals surface area contributed by atoms with Crippen LogP contribution >= 0.6 is 0 Å². The van der Waals surface area contributed by atoms with E-state index in [0.29, 0.717) is 18.1 Å². The molecule has 2 N–H and O–H groups in total. The second-order valence-corrected chi connectivity index (χ2v) is 3.66. The Hall–Kier alpha value is -1.30. The number of aryl methyl sites for hydroxylation is 1. The van der Waals surface area contributed by atoms with E-state index in [1.807, 2.05) is 13.8 Å². The van der Waals surface area contributed by atoms with Gasteiger partial charge in [-0.3, -0.25) is 0 Å². The van der Waals surface area contributed by atoms with Gasteiger partial charge in [-0.1, -0.05) is 6.92 Å². The summed E-state index contributed by atoms with van der Waals surface area (Å²) < 4.78 is 28.4. The zero-order valence-electron chi connectivity index (χ0n) is 10.0. The Labute approximate surface area is 99.2 Å². The van der Waals surface area contributed by atoms with E-state index in [1.165, 1.54) is 0 Å². The van der Waals surface area contributed by atoms with Crippen molar-refractivity contribution in [2.75, 3.05) is 18.9 Å². The number of anilines is 1. The first-order chi connectivity index (χ1) is 8.04. The number of nitrogens with two attached hydrogens (primary N) is 1. The summed E-state index contributed by atoms with van der Waals surface area (Å²) in [7, 11) is 0. The Morgan fingerprint density at radius 2 is 2.06 bits per heavy atom. The molecule has 0 spiro atoms. The van der Waals surface area contributed by atoms with Crippen molar-refractivity contribution in [3.05, 3.63) is 17.1 Å². The van der Waals surface area contributed by atoms with E-state index < -0.39 is 13.0 Å². The summed E-state index contributed by atoms with van der Waals surface area (Å²) >= 11 is 0. The molecule has 0 bridgehead atoms. The molecule has 0 aliphatic heterocycles. The van der Waals surface area contributed by atoms with Crippen molar-refractivity contribution in [1.29, 1.82) is 0 Å². The molecular formula is C11H17F2N3O. The summed E-state index contributed by atoms with van der Waals surface area (Å²) in [5.41, 5.74) is 7.54. The predicted molar refractivity (Wildman–Crippen MR) is 61.1 cm³/mol. The van der Waals surface area contributed by atoms with Gasteiger partial charge in [0, 0.05) is 17.7 Å². The van der Waals surface area contributed by atoms with E-state index in [1.54, 1.807) is 0 Å². The van der Waals surface area contributed by atoms with Crippen LogP contribution in [0, 0.1) is 6.92 Å². The van der Waals surface area contributed by atoms with Crippen molar-refractivity contribution < 1.29 is 13.5 Å². The predicted octanol–water partition coefficient (Wildman–Crippen LogP) is 1.75. The van der Waals surface area contributed by atoms with Crippen molar-refractivity contribution in [2.24, 2.45) is 0 Å². The molecule has 96 valence electrons. The Morgan fingerprint density at radius 1 is 1.35 bits per heavy atom. The standard InChI is InChI=1S/C11H17F2N3O/c1-3-8-7(2)15-10(16-11(8)14)4-5-17-6-9(12)13/h9H,3-6H2,1-2H3,(H2,14,15,16). The highest BCUT2D eigenvalue weighted by molar-refractivity contribution is 5.41. The van der Waals surface area contributed by atoms with Crippen LogP contribution in [-0.2, 0) is 17.6 Å². The number of nitrogens with zero attached hydrogens (tertiary/aromatic N) is 2. The zero-order chi connectivity index (χ0) is 12.8. The van der Waals surface area contributed by atoms with Gasteiger partial charge in [0.2, 0.25) is 0 Å². The molecule has 1 aromatic heterocycles. The third-order valence-electron chi connectivity index (χ3n) is 2.36. The van der Waals surface area contributed by atoms with E-state index in [0.717, 1.165) is 17.7 Å². The molecule has 0 aromatic carbocycles. The van der Waals surface area contributed by atoms with Crippen LogP contribution in [0.3, 0.4) is 0 Å². The Morgan fingerprint density at radius 3 is 2.59 bits per heavy atom. The highest BCUT2D eigenvalue weighted by Crippen LogP contribution is 2.13. The van der Waals surface area contributed by atoms with Crippen molar-refractivity contribution in [3.8, 4) is 0 Å². The number of nitrogen functional groups attached to an aromatic ring is 1. The van der Waals surface area contributed by atoms with Crippen molar-refractivity contribution in [2.45, 2.75) is 33.1 Å². The molecule has 0 unspecified atom stereocenters. The maximum absolute atomic E-state index is 11.8. The van der Waals surface area contributed by atoms with Crippen LogP contribution in [0.4, 0.5) is 14.6 Å². The topological polar surface area (TPSA) is 61.0 Å². The summed E-state index contributed by atoms with van der Waals surface area (Å²) in [5, 5.41) is 0. The van der Waals surface area contributed by atoms with Crippen molar-refractivity contribution in [3.63, 3.8) is 0 Å². The molecule has 0 fully saturated rings.